The number of carbonyl (C=O) groups excluding carboxylic acids is 1. The molecular weight excluding hydrogens is 277 g/mol. The average molecular weight is 285 g/mol. The Kier molecular flexibility index (Phi) is 3.90. The summed E-state index contributed by atoms with van der Waals surface area (Å²) < 4.78 is 38.9. The van der Waals surface area contributed by atoms with E-state index in [2.05, 4.69) is 0 Å². The Morgan fingerprint density at radius 3 is 2.32 bits per heavy atom. The molecule has 0 bridgehead atoms. The summed E-state index contributed by atoms with van der Waals surface area (Å²) in [5.41, 5.74) is 0.450. The Hall–Kier alpha value is -1.81. The van der Waals surface area contributed by atoms with Crippen LogP contribution >= 0.6 is 11.6 Å². The highest BCUT2D eigenvalue weighted by atomic mass is 35.5. The highest BCUT2D eigenvalue weighted by molar-refractivity contribution is 6.30. The Bertz CT molecular complexity index is 641. The summed E-state index contributed by atoms with van der Waals surface area (Å²) in [5.74, 6) is -3.17. The summed E-state index contributed by atoms with van der Waals surface area (Å²) in [6.45, 7) is 0. The minimum absolute atomic E-state index is 0.0364. The molecule has 19 heavy (non-hydrogen) atoms. The second-order valence-corrected chi connectivity index (χ2v) is 4.38. The van der Waals surface area contributed by atoms with E-state index in [1.807, 2.05) is 0 Å². The van der Waals surface area contributed by atoms with Gasteiger partial charge in [-0.2, -0.15) is 0 Å². The lowest BCUT2D eigenvalue weighted by Crippen LogP contribution is -2.05. The number of benzene rings is 2. The van der Waals surface area contributed by atoms with Crippen molar-refractivity contribution in [3.05, 3.63) is 70.0 Å². The van der Waals surface area contributed by atoms with Gasteiger partial charge in [-0.05, 0) is 35.9 Å². The zero-order valence-corrected chi connectivity index (χ0v) is 10.3. The van der Waals surface area contributed by atoms with E-state index in [-0.39, 0.29) is 17.0 Å². The van der Waals surface area contributed by atoms with Crippen molar-refractivity contribution in [2.24, 2.45) is 0 Å². The quantitative estimate of drug-likeness (QED) is 0.773. The molecular formula is C14H8ClF3O. The summed E-state index contributed by atoms with van der Waals surface area (Å²) in [5, 5.41) is -0.0379. The van der Waals surface area contributed by atoms with Gasteiger partial charge in [-0.15, -0.1) is 0 Å². The second-order valence-electron chi connectivity index (χ2n) is 3.98. The molecule has 0 aliphatic rings. The van der Waals surface area contributed by atoms with Crippen LogP contribution in [0.15, 0.2) is 36.4 Å². The van der Waals surface area contributed by atoms with Gasteiger partial charge < -0.3 is 0 Å². The molecule has 0 spiro atoms. The molecule has 0 saturated carbocycles. The monoisotopic (exact) mass is 284 g/mol. The number of halogens is 4. The molecule has 2 aromatic rings. The lowest BCUT2D eigenvalue weighted by molar-refractivity contribution is 0.0992. The van der Waals surface area contributed by atoms with Gasteiger partial charge in [0.2, 0.25) is 0 Å². The van der Waals surface area contributed by atoms with E-state index in [1.165, 1.54) is 18.2 Å². The number of carbonyl (C=O) groups is 1. The van der Waals surface area contributed by atoms with Gasteiger partial charge in [-0.3, -0.25) is 4.79 Å². The molecule has 0 N–H and O–H groups in total. The van der Waals surface area contributed by atoms with Crippen LogP contribution in [0.1, 0.15) is 15.9 Å². The van der Waals surface area contributed by atoms with E-state index in [0.717, 1.165) is 18.2 Å². The second kappa shape index (κ2) is 5.45. The molecule has 2 rings (SSSR count). The van der Waals surface area contributed by atoms with Crippen molar-refractivity contribution in [3.63, 3.8) is 0 Å². The van der Waals surface area contributed by atoms with Gasteiger partial charge in [0.1, 0.15) is 5.82 Å². The van der Waals surface area contributed by atoms with Crippen LogP contribution in [0.2, 0.25) is 5.02 Å². The van der Waals surface area contributed by atoms with Gasteiger partial charge in [0.25, 0.3) is 0 Å². The molecule has 5 heteroatoms. The fourth-order valence-corrected chi connectivity index (χ4v) is 1.72. The number of Topliss-reactive ketones (excluding diaryl/α,β-unsaturated/α-hetero) is 1. The van der Waals surface area contributed by atoms with Gasteiger partial charge in [0, 0.05) is 12.0 Å². The first-order valence-electron chi connectivity index (χ1n) is 5.39. The fraction of sp³-hybridized carbons (Fsp3) is 0.0714. The van der Waals surface area contributed by atoms with Crippen LogP contribution in [0, 0.1) is 17.5 Å². The number of rotatable bonds is 3. The fourth-order valence-electron chi connectivity index (χ4n) is 1.61. The summed E-state index contributed by atoms with van der Waals surface area (Å²) in [6, 6.07) is 6.87. The van der Waals surface area contributed by atoms with E-state index in [4.69, 9.17) is 11.6 Å². The van der Waals surface area contributed by atoms with Gasteiger partial charge in [0.05, 0.1) is 5.02 Å². The average Bonchev–Trinajstić information content (AvgIpc) is 2.37. The SMILES string of the molecule is O=C(Cc1ccc(Cl)c(F)c1)c1ccc(F)c(F)c1. The molecule has 1 nitrogen and oxygen atoms in total. The van der Waals surface area contributed by atoms with Crippen LogP contribution in [0.4, 0.5) is 13.2 Å². The van der Waals surface area contributed by atoms with E-state index in [0.29, 0.717) is 5.56 Å². The Morgan fingerprint density at radius 1 is 0.947 bits per heavy atom. The topological polar surface area (TPSA) is 17.1 Å². The number of hydrogen-bond donors (Lipinski definition) is 0. The van der Waals surface area contributed by atoms with Crippen LogP contribution in [0.25, 0.3) is 0 Å². The van der Waals surface area contributed by atoms with Gasteiger partial charge >= 0.3 is 0 Å². The minimum Gasteiger partial charge on any atom is -0.294 e. The molecule has 0 radical (unpaired) electrons. The molecule has 0 fully saturated rings. The predicted molar refractivity (Wildman–Crippen MR) is 65.8 cm³/mol. The minimum atomic E-state index is -1.09. The maximum absolute atomic E-state index is 13.2. The van der Waals surface area contributed by atoms with Crippen molar-refractivity contribution >= 4 is 17.4 Å². The third-order valence-electron chi connectivity index (χ3n) is 2.59. The Morgan fingerprint density at radius 2 is 1.68 bits per heavy atom. The highest BCUT2D eigenvalue weighted by Gasteiger charge is 2.11. The maximum atomic E-state index is 13.2. The molecule has 2 aromatic carbocycles. The van der Waals surface area contributed by atoms with Crippen molar-refractivity contribution in [2.45, 2.75) is 6.42 Å². The summed E-state index contributed by atoms with van der Waals surface area (Å²) in [7, 11) is 0. The van der Waals surface area contributed by atoms with Gasteiger partial charge in [-0.1, -0.05) is 17.7 Å². The van der Waals surface area contributed by atoms with Crippen LogP contribution < -0.4 is 0 Å². The Balaban J connectivity index is 2.20. The van der Waals surface area contributed by atoms with Gasteiger partial charge in [0.15, 0.2) is 17.4 Å². The maximum Gasteiger partial charge on any atom is 0.167 e. The van der Waals surface area contributed by atoms with Crippen LogP contribution in [-0.4, -0.2) is 5.78 Å². The standard InChI is InChI=1S/C14H8ClF3O/c15-10-3-1-8(5-12(10)17)6-14(19)9-2-4-11(16)13(18)7-9/h1-5,7H,6H2. The van der Waals surface area contributed by atoms with Crippen molar-refractivity contribution in [2.75, 3.05) is 0 Å². The number of ketones is 1. The summed E-state index contributed by atoms with van der Waals surface area (Å²) >= 11 is 5.52. The van der Waals surface area contributed by atoms with E-state index in [9.17, 15) is 18.0 Å². The van der Waals surface area contributed by atoms with Crippen molar-refractivity contribution in [3.8, 4) is 0 Å². The van der Waals surface area contributed by atoms with Crippen LogP contribution in [0.3, 0.4) is 0 Å². The Labute approximate surface area is 112 Å². The summed E-state index contributed by atoms with van der Waals surface area (Å²) in [4.78, 5) is 11.8. The van der Waals surface area contributed by atoms with Crippen molar-refractivity contribution in [1.29, 1.82) is 0 Å². The first-order chi connectivity index (χ1) is 8.97. The molecule has 0 aliphatic carbocycles. The smallest absolute Gasteiger partial charge is 0.167 e. The highest BCUT2D eigenvalue weighted by Crippen LogP contribution is 2.17. The molecule has 0 saturated heterocycles. The van der Waals surface area contributed by atoms with Crippen molar-refractivity contribution in [1.82, 2.24) is 0 Å². The normalized spacial score (nSPS) is 10.5. The lowest BCUT2D eigenvalue weighted by Gasteiger charge is -2.03. The van der Waals surface area contributed by atoms with E-state index >= 15 is 0 Å². The van der Waals surface area contributed by atoms with Crippen LogP contribution in [0.5, 0.6) is 0 Å². The van der Waals surface area contributed by atoms with Crippen LogP contribution in [-0.2, 0) is 6.42 Å². The van der Waals surface area contributed by atoms with Gasteiger partial charge in [-0.25, -0.2) is 13.2 Å². The zero-order chi connectivity index (χ0) is 14.0. The molecule has 98 valence electrons. The molecule has 0 heterocycles. The molecule has 0 amide bonds. The summed E-state index contributed by atoms with van der Waals surface area (Å²) in [6.07, 6.45) is -0.112. The van der Waals surface area contributed by atoms with Crippen molar-refractivity contribution < 1.29 is 18.0 Å². The molecule has 0 aromatic heterocycles. The zero-order valence-electron chi connectivity index (χ0n) is 9.59. The largest absolute Gasteiger partial charge is 0.294 e. The third-order valence-corrected chi connectivity index (χ3v) is 2.90. The lowest BCUT2D eigenvalue weighted by atomic mass is 10.0. The first kappa shape index (κ1) is 13.6. The van der Waals surface area contributed by atoms with E-state index in [1.54, 1.807) is 0 Å². The molecule has 0 aliphatic heterocycles. The molecule has 0 atom stereocenters. The first-order valence-corrected chi connectivity index (χ1v) is 5.77. The third kappa shape index (κ3) is 3.15. The predicted octanol–water partition coefficient (Wildman–Crippen LogP) is 4.18. The van der Waals surface area contributed by atoms with E-state index < -0.39 is 23.2 Å². The molecule has 0 unspecified atom stereocenters. The number of hydrogen-bond acceptors (Lipinski definition) is 1.